The van der Waals surface area contributed by atoms with Crippen molar-refractivity contribution < 1.29 is 4.74 Å². The van der Waals surface area contributed by atoms with Gasteiger partial charge in [-0.3, -0.25) is 9.36 Å². The standard InChI is InChI=1S/C26H29N5O2S/c1-16(13-27-3)33-22-9-7-21(8-10-22)29-26-28-14-19-6-11-23(32)31(25(19)30-26)15-20-12-17(2)34-24(20)18-4-5-18/h6-12,14,16,18,27H,4-5,13,15H2,1-3H3,(H,28,29,30). The molecule has 1 unspecified atom stereocenters. The first-order valence-corrected chi connectivity index (χ1v) is 12.5. The van der Waals surface area contributed by atoms with Crippen LogP contribution in [0.25, 0.3) is 11.0 Å². The van der Waals surface area contributed by atoms with E-state index in [0.717, 1.165) is 23.4 Å². The molecule has 0 amide bonds. The molecule has 3 heterocycles. The highest BCUT2D eigenvalue weighted by Gasteiger charge is 2.28. The number of hydrogen-bond acceptors (Lipinski definition) is 7. The molecule has 34 heavy (non-hydrogen) atoms. The summed E-state index contributed by atoms with van der Waals surface area (Å²) < 4.78 is 7.64. The normalized spacial score (nSPS) is 14.3. The predicted octanol–water partition coefficient (Wildman–Crippen LogP) is 4.82. The van der Waals surface area contributed by atoms with Crippen molar-refractivity contribution in [3.05, 3.63) is 74.3 Å². The fraction of sp³-hybridized carbons (Fsp3) is 0.346. The van der Waals surface area contributed by atoms with Crippen LogP contribution in [-0.4, -0.2) is 34.2 Å². The molecule has 0 aliphatic heterocycles. The summed E-state index contributed by atoms with van der Waals surface area (Å²) in [5.74, 6) is 1.91. The first-order valence-electron chi connectivity index (χ1n) is 11.6. The van der Waals surface area contributed by atoms with Crippen molar-refractivity contribution in [2.24, 2.45) is 0 Å². The van der Waals surface area contributed by atoms with E-state index in [2.05, 4.69) is 28.6 Å². The van der Waals surface area contributed by atoms with Gasteiger partial charge in [-0.1, -0.05) is 0 Å². The summed E-state index contributed by atoms with van der Waals surface area (Å²) in [6.07, 6.45) is 4.33. The van der Waals surface area contributed by atoms with Gasteiger partial charge >= 0.3 is 0 Å². The minimum Gasteiger partial charge on any atom is -0.489 e. The van der Waals surface area contributed by atoms with Crippen LogP contribution in [0.2, 0.25) is 0 Å². The van der Waals surface area contributed by atoms with E-state index in [9.17, 15) is 4.79 Å². The van der Waals surface area contributed by atoms with Gasteiger partial charge in [0.25, 0.3) is 5.56 Å². The van der Waals surface area contributed by atoms with E-state index >= 15 is 0 Å². The number of ether oxygens (including phenoxy) is 1. The van der Waals surface area contributed by atoms with Crippen LogP contribution in [0.3, 0.4) is 0 Å². The monoisotopic (exact) mass is 475 g/mol. The molecule has 1 aromatic carbocycles. The van der Waals surface area contributed by atoms with Gasteiger partial charge in [-0.15, -0.1) is 11.3 Å². The smallest absolute Gasteiger partial charge is 0.252 e. The molecule has 0 radical (unpaired) electrons. The molecular formula is C26H29N5O2S. The molecule has 1 aliphatic rings. The second-order valence-electron chi connectivity index (χ2n) is 8.89. The van der Waals surface area contributed by atoms with Crippen LogP contribution in [-0.2, 0) is 6.54 Å². The maximum atomic E-state index is 12.8. The number of benzene rings is 1. The van der Waals surface area contributed by atoms with Gasteiger partial charge in [0, 0.05) is 39.6 Å². The van der Waals surface area contributed by atoms with Gasteiger partial charge in [-0.05, 0) is 81.6 Å². The number of aromatic nitrogens is 3. The summed E-state index contributed by atoms with van der Waals surface area (Å²) in [6.45, 7) is 5.46. The predicted molar refractivity (Wildman–Crippen MR) is 138 cm³/mol. The van der Waals surface area contributed by atoms with Gasteiger partial charge in [-0.25, -0.2) is 4.98 Å². The summed E-state index contributed by atoms with van der Waals surface area (Å²) in [5.41, 5.74) is 2.66. The minimum atomic E-state index is -0.0556. The Morgan fingerprint density at radius 1 is 1.21 bits per heavy atom. The van der Waals surface area contributed by atoms with E-state index in [4.69, 9.17) is 9.72 Å². The molecule has 3 aromatic heterocycles. The summed E-state index contributed by atoms with van der Waals surface area (Å²) in [5, 5.41) is 7.20. The van der Waals surface area contributed by atoms with Crippen LogP contribution in [0.4, 0.5) is 11.6 Å². The number of fused-ring (bicyclic) bond motifs is 1. The van der Waals surface area contributed by atoms with Gasteiger partial charge in [0.15, 0.2) is 0 Å². The number of hydrogen-bond donors (Lipinski definition) is 2. The average Bonchev–Trinajstić information content (AvgIpc) is 3.59. The SMILES string of the molecule is CNCC(C)Oc1ccc(Nc2ncc3ccc(=O)n(Cc4cc(C)sc4C4CC4)c3n2)cc1. The van der Waals surface area contributed by atoms with Crippen LogP contribution in [0.1, 0.15) is 41.0 Å². The largest absolute Gasteiger partial charge is 0.489 e. The Hall–Kier alpha value is -3.23. The van der Waals surface area contributed by atoms with E-state index in [1.807, 2.05) is 49.6 Å². The number of nitrogens with one attached hydrogen (secondary N) is 2. The van der Waals surface area contributed by atoms with Crippen molar-refractivity contribution in [2.75, 3.05) is 18.9 Å². The molecule has 7 nitrogen and oxygen atoms in total. The van der Waals surface area contributed by atoms with E-state index in [1.165, 1.54) is 28.2 Å². The lowest BCUT2D eigenvalue weighted by molar-refractivity contribution is 0.220. The van der Waals surface area contributed by atoms with E-state index in [-0.39, 0.29) is 11.7 Å². The Morgan fingerprint density at radius 2 is 2.00 bits per heavy atom. The van der Waals surface area contributed by atoms with Crippen LogP contribution in [0.15, 0.2) is 53.5 Å². The average molecular weight is 476 g/mol. The number of rotatable bonds is 9. The molecule has 4 aromatic rings. The number of anilines is 2. The van der Waals surface area contributed by atoms with Gasteiger partial charge < -0.3 is 15.4 Å². The Balaban J connectivity index is 1.40. The molecule has 8 heteroatoms. The zero-order valence-corrected chi connectivity index (χ0v) is 20.5. The number of nitrogens with zero attached hydrogens (tertiary/aromatic N) is 3. The van der Waals surface area contributed by atoms with Gasteiger partial charge in [-0.2, -0.15) is 4.98 Å². The Bertz CT molecular complexity index is 1360. The number of likely N-dealkylation sites (N-methyl/N-ethyl adjacent to an activating group) is 1. The number of thiophene rings is 1. The van der Waals surface area contributed by atoms with Crippen LogP contribution in [0, 0.1) is 6.92 Å². The molecule has 1 saturated carbocycles. The third kappa shape index (κ3) is 4.98. The quantitative estimate of drug-likeness (QED) is 0.361. The van der Waals surface area contributed by atoms with Crippen LogP contribution in [0.5, 0.6) is 5.75 Å². The van der Waals surface area contributed by atoms with Crippen molar-refractivity contribution in [1.82, 2.24) is 19.9 Å². The Morgan fingerprint density at radius 3 is 2.74 bits per heavy atom. The summed E-state index contributed by atoms with van der Waals surface area (Å²) >= 11 is 1.85. The molecule has 176 valence electrons. The molecular weight excluding hydrogens is 446 g/mol. The highest BCUT2D eigenvalue weighted by Crippen LogP contribution is 2.45. The highest BCUT2D eigenvalue weighted by atomic mass is 32.1. The molecule has 1 fully saturated rings. The number of pyridine rings is 1. The summed E-state index contributed by atoms with van der Waals surface area (Å²) in [6, 6.07) is 13.3. The Labute approximate surface area is 202 Å². The molecule has 1 atom stereocenters. The Kier molecular flexibility index (Phi) is 6.34. The molecule has 2 N–H and O–H groups in total. The zero-order chi connectivity index (χ0) is 23.7. The summed E-state index contributed by atoms with van der Waals surface area (Å²) in [7, 11) is 1.91. The van der Waals surface area contributed by atoms with Crippen molar-refractivity contribution in [3.8, 4) is 5.75 Å². The molecule has 5 rings (SSSR count). The van der Waals surface area contributed by atoms with Crippen molar-refractivity contribution in [1.29, 1.82) is 0 Å². The zero-order valence-electron chi connectivity index (χ0n) is 19.7. The maximum Gasteiger partial charge on any atom is 0.252 e. The molecule has 0 spiro atoms. The third-order valence-corrected chi connectivity index (χ3v) is 7.16. The number of aryl methyl sites for hydroxylation is 1. The van der Waals surface area contributed by atoms with Crippen LogP contribution >= 0.6 is 11.3 Å². The summed E-state index contributed by atoms with van der Waals surface area (Å²) in [4.78, 5) is 24.7. The lowest BCUT2D eigenvalue weighted by Gasteiger charge is -2.14. The van der Waals surface area contributed by atoms with E-state index < -0.39 is 0 Å². The second-order valence-corrected chi connectivity index (χ2v) is 10.2. The molecule has 0 saturated heterocycles. The van der Waals surface area contributed by atoms with E-state index in [0.29, 0.717) is 24.1 Å². The second kappa shape index (κ2) is 9.56. The van der Waals surface area contributed by atoms with Gasteiger partial charge in [0.2, 0.25) is 5.95 Å². The van der Waals surface area contributed by atoms with Crippen molar-refractivity contribution in [3.63, 3.8) is 0 Å². The van der Waals surface area contributed by atoms with Gasteiger partial charge in [0.1, 0.15) is 17.5 Å². The van der Waals surface area contributed by atoms with Crippen molar-refractivity contribution in [2.45, 2.75) is 45.3 Å². The van der Waals surface area contributed by atoms with Crippen molar-refractivity contribution >= 4 is 34.0 Å². The molecule has 0 bridgehead atoms. The highest BCUT2D eigenvalue weighted by molar-refractivity contribution is 7.12. The minimum absolute atomic E-state index is 0.0556. The first-order chi connectivity index (χ1) is 16.5. The first kappa shape index (κ1) is 22.6. The van der Waals surface area contributed by atoms with Crippen LogP contribution < -0.4 is 20.9 Å². The maximum absolute atomic E-state index is 12.8. The topological polar surface area (TPSA) is 81.1 Å². The fourth-order valence-electron chi connectivity index (χ4n) is 4.16. The third-order valence-electron chi connectivity index (χ3n) is 5.90. The lowest BCUT2D eigenvalue weighted by atomic mass is 10.2. The molecule has 1 aliphatic carbocycles. The fourth-order valence-corrected chi connectivity index (χ4v) is 5.37. The lowest BCUT2D eigenvalue weighted by Crippen LogP contribution is -2.25. The van der Waals surface area contributed by atoms with E-state index in [1.54, 1.807) is 22.9 Å². The van der Waals surface area contributed by atoms with Gasteiger partial charge in [0.05, 0.1) is 6.54 Å².